The molecule has 0 spiro atoms. The predicted octanol–water partition coefficient (Wildman–Crippen LogP) is 6.97. The first-order valence-corrected chi connectivity index (χ1v) is 12.5. The van der Waals surface area contributed by atoms with E-state index in [1.807, 2.05) is 50.2 Å². The molecule has 0 aliphatic carbocycles. The number of benzene rings is 4. The number of aromatic hydroxyl groups is 4. The fraction of sp³-hybridized carbons (Fsp3) is 0.226. The van der Waals surface area contributed by atoms with Crippen LogP contribution >= 0.6 is 12.6 Å². The molecule has 0 unspecified atom stereocenters. The summed E-state index contributed by atoms with van der Waals surface area (Å²) in [6.45, 7) is 3.83. The summed E-state index contributed by atoms with van der Waals surface area (Å²) in [6, 6.07) is 24.3. The maximum Gasteiger partial charge on any atom is 0.128 e. The average Bonchev–Trinajstić information content (AvgIpc) is 2.86. The molecule has 36 heavy (non-hydrogen) atoms. The fourth-order valence-electron chi connectivity index (χ4n) is 4.96. The molecule has 0 heterocycles. The van der Waals surface area contributed by atoms with Crippen molar-refractivity contribution in [3.05, 3.63) is 112 Å². The lowest BCUT2D eigenvalue weighted by atomic mass is 9.67. The molecule has 4 nitrogen and oxygen atoms in total. The van der Waals surface area contributed by atoms with Crippen molar-refractivity contribution in [2.24, 2.45) is 0 Å². The van der Waals surface area contributed by atoms with Crippen LogP contribution in [0.2, 0.25) is 0 Å². The number of hydrogen-bond donors (Lipinski definition) is 5. The molecule has 4 aromatic carbocycles. The van der Waals surface area contributed by atoms with E-state index in [2.05, 4.69) is 24.8 Å². The van der Waals surface area contributed by atoms with E-state index >= 15 is 0 Å². The van der Waals surface area contributed by atoms with Crippen LogP contribution in [0.1, 0.15) is 46.2 Å². The van der Waals surface area contributed by atoms with Gasteiger partial charge < -0.3 is 20.4 Å². The average molecular weight is 501 g/mol. The highest BCUT2D eigenvalue weighted by atomic mass is 32.1. The normalized spacial score (nSPS) is 11.5. The van der Waals surface area contributed by atoms with Gasteiger partial charge in [0.15, 0.2) is 0 Å². The van der Waals surface area contributed by atoms with Gasteiger partial charge in [-0.1, -0.05) is 42.5 Å². The Morgan fingerprint density at radius 1 is 0.611 bits per heavy atom. The maximum atomic E-state index is 10.5. The molecule has 0 saturated heterocycles. The highest BCUT2D eigenvalue weighted by Crippen LogP contribution is 2.44. The zero-order chi connectivity index (χ0) is 25.9. The quantitative estimate of drug-likeness (QED) is 0.169. The van der Waals surface area contributed by atoms with Crippen molar-refractivity contribution in [1.82, 2.24) is 0 Å². The van der Waals surface area contributed by atoms with Crippen molar-refractivity contribution >= 4 is 12.6 Å². The fourth-order valence-corrected chi connectivity index (χ4v) is 5.18. The van der Waals surface area contributed by atoms with Crippen LogP contribution in [-0.2, 0) is 18.3 Å². The van der Waals surface area contributed by atoms with Gasteiger partial charge >= 0.3 is 0 Å². The minimum atomic E-state index is -0.454. The minimum Gasteiger partial charge on any atom is -0.508 e. The number of hydrogen-bond acceptors (Lipinski definition) is 5. The highest BCUT2D eigenvalue weighted by Gasteiger charge is 2.35. The maximum absolute atomic E-state index is 10.5. The summed E-state index contributed by atoms with van der Waals surface area (Å²) >= 11 is 4.52. The second kappa shape index (κ2) is 10.6. The molecule has 4 N–H and O–H groups in total. The van der Waals surface area contributed by atoms with E-state index < -0.39 is 5.41 Å². The molecule has 0 atom stereocenters. The van der Waals surface area contributed by atoms with Gasteiger partial charge in [-0.3, -0.25) is 0 Å². The summed E-state index contributed by atoms with van der Waals surface area (Å²) in [7, 11) is 0. The smallest absolute Gasteiger partial charge is 0.128 e. The Kier molecular flexibility index (Phi) is 7.51. The zero-order valence-electron chi connectivity index (χ0n) is 20.6. The monoisotopic (exact) mass is 500 g/mol. The van der Waals surface area contributed by atoms with E-state index in [4.69, 9.17) is 0 Å². The summed E-state index contributed by atoms with van der Waals surface area (Å²) in [5, 5.41) is 40.2. The van der Waals surface area contributed by atoms with E-state index in [9.17, 15) is 20.4 Å². The van der Waals surface area contributed by atoms with E-state index in [1.54, 1.807) is 30.3 Å². The molecule has 186 valence electrons. The van der Waals surface area contributed by atoms with Gasteiger partial charge in [-0.2, -0.15) is 0 Å². The molecule has 0 radical (unpaired) electrons. The Balaban J connectivity index is 1.86. The Labute approximate surface area is 217 Å². The molecular weight excluding hydrogens is 468 g/mol. The second-order valence-corrected chi connectivity index (χ2v) is 10.1. The molecule has 0 aliphatic rings. The lowest BCUT2D eigenvalue weighted by molar-refractivity contribution is 0.426. The molecule has 5 heteroatoms. The largest absolute Gasteiger partial charge is 0.508 e. The van der Waals surface area contributed by atoms with Gasteiger partial charge in [0.2, 0.25) is 0 Å². The molecule has 0 aromatic heterocycles. The van der Waals surface area contributed by atoms with Crippen LogP contribution in [0, 0.1) is 13.8 Å². The SMILES string of the molecule is Cc1cc(C(CCc2ccc(O)cc2)(CCc2ccc(O)cc2)c2ccc(O)c(S)c2)cc(C)c1O. The van der Waals surface area contributed by atoms with E-state index in [0.29, 0.717) is 10.6 Å². The van der Waals surface area contributed by atoms with Crippen molar-refractivity contribution in [2.75, 3.05) is 0 Å². The number of phenols is 4. The lowest BCUT2D eigenvalue weighted by Gasteiger charge is -2.37. The van der Waals surface area contributed by atoms with E-state index in [0.717, 1.165) is 59.1 Å². The van der Waals surface area contributed by atoms with Gasteiger partial charge in [0, 0.05) is 10.3 Å². The standard InChI is InChI=1S/C31H32O4S/c1-20-17-25(18-21(2)30(20)35)31(24-7-12-28(34)29(36)19-24,15-13-22-3-8-26(32)9-4-22)16-14-23-5-10-27(33)11-6-23/h3-12,17-19,32-36H,13-16H2,1-2H3. The van der Waals surface area contributed by atoms with Crippen LogP contribution in [-0.4, -0.2) is 20.4 Å². The molecule has 0 aliphatic heterocycles. The third-order valence-electron chi connectivity index (χ3n) is 7.13. The van der Waals surface area contributed by atoms with Crippen molar-refractivity contribution < 1.29 is 20.4 Å². The lowest BCUT2D eigenvalue weighted by Crippen LogP contribution is -2.30. The Bertz CT molecular complexity index is 1270. The van der Waals surface area contributed by atoms with Crippen molar-refractivity contribution in [3.63, 3.8) is 0 Å². The van der Waals surface area contributed by atoms with Gasteiger partial charge in [-0.25, -0.2) is 0 Å². The molecule has 4 aromatic rings. The summed E-state index contributed by atoms with van der Waals surface area (Å²) in [4.78, 5) is 0.512. The molecule has 0 bridgehead atoms. The summed E-state index contributed by atoms with van der Waals surface area (Å²) in [5.74, 6) is 0.900. The van der Waals surface area contributed by atoms with Crippen LogP contribution in [0.5, 0.6) is 23.0 Å². The third-order valence-corrected chi connectivity index (χ3v) is 7.48. The van der Waals surface area contributed by atoms with Crippen LogP contribution < -0.4 is 0 Å². The summed E-state index contributed by atoms with van der Waals surface area (Å²) in [5.41, 5.74) is 5.52. The zero-order valence-corrected chi connectivity index (χ0v) is 21.5. The second-order valence-electron chi connectivity index (χ2n) is 9.58. The molecule has 4 rings (SSSR count). The number of thiol groups is 1. The molecule has 0 fully saturated rings. The Hall–Kier alpha value is -3.57. The van der Waals surface area contributed by atoms with Gasteiger partial charge in [0.05, 0.1) is 0 Å². The van der Waals surface area contributed by atoms with Gasteiger partial charge in [0.25, 0.3) is 0 Å². The first-order valence-electron chi connectivity index (χ1n) is 12.1. The van der Waals surface area contributed by atoms with Crippen LogP contribution in [0.25, 0.3) is 0 Å². The molecule has 0 amide bonds. The van der Waals surface area contributed by atoms with E-state index in [1.165, 1.54) is 0 Å². The van der Waals surface area contributed by atoms with E-state index in [-0.39, 0.29) is 17.2 Å². The van der Waals surface area contributed by atoms with Gasteiger partial charge in [0.1, 0.15) is 23.0 Å². The first kappa shape index (κ1) is 25.5. The third kappa shape index (κ3) is 5.47. The summed E-state index contributed by atoms with van der Waals surface area (Å²) in [6.07, 6.45) is 3.05. The van der Waals surface area contributed by atoms with Gasteiger partial charge in [-0.05, 0) is 109 Å². The first-order chi connectivity index (χ1) is 17.2. The number of rotatable bonds is 8. The summed E-state index contributed by atoms with van der Waals surface area (Å²) < 4.78 is 0. The number of phenolic OH excluding ortho intramolecular Hbond substituents is 4. The predicted molar refractivity (Wildman–Crippen MR) is 147 cm³/mol. The molecule has 0 saturated carbocycles. The van der Waals surface area contributed by atoms with Crippen LogP contribution in [0.3, 0.4) is 0 Å². The molecular formula is C31H32O4S. The number of aryl methyl sites for hydroxylation is 4. The van der Waals surface area contributed by atoms with Crippen molar-refractivity contribution in [1.29, 1.82) is 0 Å². The Morgan fingerprint density at radius 2 is 1.08 bits per heavy atom. The van der Waals surface area contributed by atoms with Crippen molar-refractivity contribution in [2.45, 2.75) is 49.8 Å². The van der Waals surface area contributed by atoms with Crippen LogP contribution in [0.15, 0.2) is 83.8 Å². The van der Waals surface area contributed by atoms with Gasteiger partial charge in [-0.15, -0.1) is 12.6 Å². The highest BCUT2D eigenvalue weighted by molar-refractivity contribution is 7.80. The minimum absolute atomic E-state index is 0.131. The Morgan fingerprint density at radius 3 is 1.53 bits per heavy atom. The van der Waals surface area contributed by atoms with Crippen LogP contribution in [0.4, 0.5) is 0 Å². The topological polar surface area (TPSA) is 80.9 Å². The van der Waals surface area contributed by atoms with Crippen molar-refractivity contribution in [3.8, 4) is 23.0 Å².